The maximum atomic E-state index is 12.6. The summed E-state index contributed by atoms with van der Waals surface area (Å²) >= 11 is 1.62. The Morgan fingerprint density at radius 1 is 1.44 bits per heavy atom. The highest BCUT2D eigenvalue weighted by Crippen LogP contribution is 2.17. The predicted octanol–water partition coefficient (Wildman–Crippen LogP) is 2.77. The van der Waals surface area contributed by atoms with Crippen LogP contribution in [0.4, 0.5) is 4.39 Å². The van der Waals surface area contributed by atoms with E-state index in [1.807, 2.05) is 5.38 Å². The van der Waals surface area contributed by atoms with Crippen molar-refractivity contribution in [3.05, 3.63) is 51.7 Å². The van der Waals surface area contributed by atoms with Gasteiger partial charge in [0, 0.05) is 11.1 Å². The highest BCUT2D eigenvalue weighted by molar-refractivity contribution is 7.10. The minimum atomic E-state index is -0.585. The van der Waals surface area contributed by atoms with Gasteiger partial charge in [0.05, 0.1) is 12.1 Å². The van der Waals surface area contributed by atoms with Crippen LogP contribution >= 0.6 is 11.3 Å². The molecule has 0 radical (unpaired) electrons. The molecule has 2 heterocycles. The van der Waals surface area contributed by atoms with Crippen LogP contribution in [0, 0.1) is 5.95 Å². The molecule has 3 nitrogen and oxygen atoms in total. The van der Waals surface area contributed by atoms with Crippen LogP contribution in [-0.2, 0) is 13.0 Å². The molecule has 5 heteroatoms. The van der Waals surface area contributed by atoms with Gasteiger partial charge >= 0.3 is 0 Å². The molecule has 94 valence electrons. The Hall–Kier alpha value is -1.75. The second kappa shape index (κ2) is 5.73. The number of hydrogen-bond donors (Lipinski definition) is 1. The summed E-state index contributed by atoms with van der Waals surface area (Å²) < 4.78 is 12.6. The van der Waals surface area contributed by atoms with Crippen LogP contribution in [-0.4, -0.2) is 10.9 Å². The van der Waals surface area contributed by atoms with E-state index < -0.39 is 5.95 Å². The van der Waals surface area contributed by atoms with Crippen molar-refractivity contribution in [1.82, 2.24) is 10.3 Å². The van der Waals surface area contributed by atoms with E-state index in [4.69, 9.17) is 0 Å². The summed E-state index contributed by atoms with van der Waals surface area (Å²) in [7, 11) is 0. The van der Waals surface area contributed by atoms with Crippen molar-refractivity contribution in [3.63, 3.8) is 0 Å². The number of nitrogens with one attached hydrogen (secondary N) is 1. The summed E-state index contributed by atoms with van der Waals surface area (Å²) in [6.45, 7) is 2.58. The fraction of sp³-hybridized carbons (Fsp3) is 0.231. The molecule has 0 bridgehead atoms. The van der Waals surface area contributed by atoms with Gasteiger partial charge in [-0.05, 0) is 35.6 Å². The van der Waals surface area contributed by atoms with Crippen molar-refractivity contribution < 1.29 is 9.18 Å². The number of amides is 1. The quantitative estimate of drug-likeness (QED) is 0.863. The third kappa shape index (κ3) is 2.92. The lowest BCUT2D eigenvalue weighted by molar-refractivity contribution is 0.0951. The van der Waals surface area contributed by atoms with Gasteiger partial charge in [0.2, 0.25) is 5.95 Å². The van der Waals surface area contributed by atoms with Crippen LogP contribution in [0.3, 0.4) is 0 Å². The third-order valence-corrected chi connectivity index (χ3v) is 3.58. The van der Waals surface area contributed by atoms with Gasteiger partial charge in [-0.2, -0.15) is 4.39 Å². The van der Waals surface area contributed by atoms with Gasteiger partial charge in [-0.25, -0.2) is 4.98 Å². The molecular weight excluding hydrogens is 251 g/mol. The van der Waals surface area contributed by atoms with Crippen LogP contribution in [0.5, 0.6) is 0 Å². The van der Waals surface area contributed by atoms with Gasteiger partial charge in [0.15, 0.2) is 0 Å². The average Bonchev–Trinajstić information content (AvgIpc) is 2.84. The zero-order valence-electron chi connectivity index (χ0n) is 9.94. The van der Waals surface area contributed by atoms with Gasteiger partial charge in [-0.3, -0.25) is 4.79 Å². The Morgan fingerprint density at radius 2 is 2.28 bits per heavy atom. The molecular formula is C13H13FN2OS. The molecule has 0 spiro atoms. The Bertz CT molecular complexity index is 536. The van der Waals surface area contributed by atoms with Crippen molar-refractivity contribution in [3.8, 4) is 0 Å². The molecule has 1 amide bonds. The van der Waals surface area contributed by atoms with E-state index in [2.05, 4.69) is 23.3 Å². The van der Waals surface area contributed by atoms with Crippen molar-refractivity contribution in [2.75, 3.05) is 0 Å². The van der Waals surface area contributed by atoms with Crippen LogP contribution in [0.25, 0.3) is 0 Å². The number of aryl methyl sites for hydroxylation is 1. The first-order valence-corrected chi connectivity index (χ1v) is 6.53. The van der Waals surface area contributed by atoms with E-state index in [9.17, 15) is 9.18 Å². The Balaban J connectivity index is 1.98. The maximum Gasteiger partial charge on any atom is 0.253 e. The molecule has 0 aliphatic rings. The molecule has 0 aliphatic carbocycles. The molecule has 2 aromatic rings. The molecule has 0 aromatic carbocycles. The van der Waals surface area contributed by atoms with E-state index in [0.717, 1.165) is 11.3 Å². The lowest BCUT2D eigenvalue weighted by atomic mass is 10.2. The minimum Gasteiger partial charge on any atom is -0.347 e. The topological polar surface area (TPSA) is 42.0 Å². The number of thiophene rings is 1. The number of nitrogens with zero attached hydrogens (tertiary/aromatic N) is 1. The molecule has 1 N–H and O–H groups in total. The van der Waals surface area contributed by atoms with Gasteiger partial charge < -0.3 is 5.32 Å². The van der Waals surface area contributed by atoms with Gasteiger partial charge in [-0.1, -0.05) is 6.92 Å². The molecule has 0 atom stereocenters. The summed E-state index contributed by atoms with van der Waals surface area (Å²) in [4.78, 5) is 16.4. The van der Waals surface area contributed by atoms with E-state index in [0.29, 0.717) is 12.1 Å². The first-order chi connectivity index (χ1) is 8.70. The molecule has 0 saturated carbocycles. The van der Waals surface area contributed by atoms with Gasteiger partial charge in [0.1, 0.15) is 0 Å². The minimum absolute atomic E-state index is 0.238. The van der Waals surface area contributed by atoms with Crippen molar-refractivity contribution in [1.29, 1.82) is 0 Å². The molecule has 2 aromatic heterocycles. The number of aromatic nitrogens is 1. The van der Waals surface area contributed by atoms with Crippen LogP contribution in [0.2, 0.25) is 0 Å². The molecule has 18 heavy (non-hydrogen) atoms. The first kappa shape index (κ1) is 12.7. The third-order valence-electron chi connectivity index (χ3n) is 2.62. The second-order valence-corrected chi connectivity index (χ2v) is 4.78. The molecule has 0 unspecified atom stereocenters. The number of carbonyl (C=O) groups excluding carboxylic acids is 1. The molecule has 0 fully saturated rings. The number of hydrogen-bond acceptors (Lipinski definition) is 3. The van der Waals surface area contributed by atoms with Crippen molar-refractivity contribution in [2.45, 2.75) is 19.9 Å². The van der Waals surface area contributed by atoms with Crippen molar-refractivity contribution in [2.24, 2.45) is 0 Å². The lowest BCUT2D eigenvalue weighted by Crippen LogP contribution is -2.22. The van der Waals surface area contributed by atoms with Crippen LogP contribution in [0.15, 0.2) is 29.8 Å². The highest BCUT2D eigenvalue weighted by atomic mass is 32.1. The highest BCUT2D eigenvalue weighted by Gasteiger charge is 2.08. The number of carbonyl (C=O) groups is 1. The summed E-state index contributed by atoms with van der Waals surface area (Å²) in [5, 5.41) is 4.82. The summed E-state index contributed by atoms with van der Waals surface area (Å²) in [5.41, 5.74) is 1.61. The van der Waals surface area contributed by atoms with E-state index in [1.54, 1.807) is 11.3 Å². The first-order valence-electron chi connectivity index (χ1n) is 5.65. The smallest absolute Gasteiger partial charge is 0.253 e. The average molecular weight is 264 g/mol. The number of rotatable bonds is 4. The predicted molar refractivity (Wildman–Crippen MR) is 69.1 cm³/mol. The zero-order chi connectivity index (χ0) is 13.0. The fourth-order valence-electron chi connectivity index (χ4n) is 1.61. The summed E-state index contributed by atoms with van der Waals surface area (Å²) in [6.07, 6.45) is 2.19. The molecule has 0 aliphatic heterocycles. The Labute approximate surface area is 109 Å². The maximum absolute atomic E-state index is 12.6. The fourth-order valence-corrected chi connectivity index (χ4v) is 2.53. The van der Waals surface area contributed by atoms with Crippen LogP contribution in [0.1, 0.15) is 27.7 Å². The summed E-state index contributed by atoms with van der Waals surface area (Å²) in [5.74, 6) is -0.823. The largest absolute Gasteiger partial charge is 0.347 e. The molecule has 0 saturated heterocycles. The molecule has 2 rings (SSSR count). The number of halogens is 1. The van der Waals surface area contributed by atoms with Gasteiger partial charge in [-0.15, -0.1) is 11.3 Å². The summed E-state index contributed by atoms with van der Waals surface area (Å²) in [6, 6.07) is 4.66. The number of pyridine rings is 1. The van der Waals surface area contributed by atoms with Crippen LogP contribution < -0.4 is 5.32 Å². The van der Waals surface area contributed by atoms with E-state index in [-0.39, 0.29) is 5.91 Å². The van der Waals surface area contributed by atoms with Crippen molar-refractivity contribution >= 4 is 17.2 Å². The Kier molecular flexibility index (Phi) is 4.04. The lowest BCUT2D eigenvalue weighted by Gasteiger charge is -2.05. The van der Waals surface area contributed by atoms with Gasteiger partial charge in [0.25, 0.3) is 5.91 Å². The monoisotopic (exact) mass is 264 g/mol. The second-order valence-electron chi connectivity index (χ2n) is 3.77. The SMILES string of the molecule is CCc1ccsc1CNC(=O)c1ccc(F)nc1. The van der Waals surface area contributed by atoms with E-state index in [1.165, 1.54) is 23.9 Å². The Morgan fingerprint density at radius 3 is 2.94 bits per heavy atom. The standard InChI is InChI=1S/C13H13FN2OS/c1-2-9-5-6-18-11(9)8-16-13(17)10-3-4-12(14)15-7-10/h3-7H,2,8H2,1H3,(H,16,17). The normalized spacial score (nSPS) is 10.3. The van der Waals surface area contributed by atoms with E-state index >= 15 is 0 Å². The zero-order valence-corrected chi connectivity index (χ0v) is 10.8.